The predicted octanol–water partition coefficient (Wildman–Crippen LogP) is 11.5. The standard InChI is InChI=1S/C43H39P2.C5H5.Fe/c1-29-23-30(2)26-36(25-29)44(37-27-31(3)24-32(4)28-37)33(5)38-19-12-22-41(38)45(42-20-10-15-34-13-6-8-17-39(34)42)43-21-11-16-35-14-7-9-18-40(35)43;1-2-4-5-3-1;/h6-28,33H,1-5H3;1-5H;/t33-;;/m0../s1. The van der Waals surface area contributed by atoms with Gasteiger partial charge in [-0.05, 0) is 97.3 Å². The number of hydrogen-bond acceptors (Lipinski definition) is 0. The normalized spacial score (nSPS) is 14.2. The molecule has 2 aliphatic carbocycles. The van der Waals surface area contributed by atoms with Crippen molar-refractivity contribution in [3.8, 4) is 0 Å². The third-order valence-electron chi connectivity index (χ3n) is 9.44. The van der Waals surface area contributed by atoms with Crippen LogP contribution in [-0.4, -0.2) is 5.66 Å². The summed E-state index contributed by atoms with van der Waals surface area (Å²) in [5.74, 6) is 1.48. The van der Waals surface area contributed by atoms with Crippen LogP contribution in [0.5, 0.6) is 0 Å². The molecular weight excluding hydrogens is 694 g/mol. The van der Waals surface area contributed by atoms with Gasteiger partial charge in [-0.25, -0.2) is 0 Å². The monoisotopic (exact) mass is 738 g/mol. The van der Waals surface area contributed by atoms with E-state index in [4.69, 9.17) is 0 Å². The molecule has 6 aromatic carbocycles. The summed E-state index contributed by atoms with van der Waals surface area (Å²) in [5, 5.41) is 12.6. The maximum absolute atomic E-state index is 2.49. The predicted molar refractivity (Wildman–Crippen MR) is 225 cm³/mol. The van der Waals surface area contributed by atoms with E-state index >= 15 is 0 Å². The molecule has 0 saturated heterocycles. The van der Waals surface area contributed by atoms with Gasteiger partial charge in [0.25, 0.3) is 0 Å². The van der Waals surface area contributed by atoms with Crippen LogP contribution in [0.2, 0.25) is 0 Å². The summed E-state index contributed by atoms with van der Waals surface area (Å²) in [7, 11) is -1.50. The first-order valence-corrected chi connectivity index (χ1v) is 20.3. The Morgan fingerprint density at radius 3 is 1.39 bits per heavy atom. The maximum atomic E-state index is 2.49. The van der Waals surface area contributed by atoms with Crippen LogP contribution in [0.4, 0.5) is 0 Å². The van der Waals surface area contributed by atoms with Crippen LogP contribution >= 0.6 is 15.8 Å². The minimum atomic E-state index is -0.839. The third-order valence-corrected chi connectivity index (χ3v) is 14.8. The molecule has 0 spiro atoms. The SMILES string of the molecule is Cc1cc(C)cc(P(c2cc(C)cc(C)c2)[C@@H](C)[C]2C=CC=C2P(c2cccc3ccccc23)c2cccc3ccccc23)c1.[CH]1C=CC=C1.[Fe]. The number of allylic oxidation sites excluding steroid dienone is 8. The van der Waals surface area contributed by atoms with Gasteiger partial charge in [0.15, 0.2) is 0 Å². The minimum absolute atomic E-state index is 0. The zero-order valence-corrected chi connectivity index (χ0v) is 32.9. The van der Waals surface area contributed by atoms with Crippen LogP contribution in [0.3, 0.4) is 0 Å². The van der Waals surface area contributed by atoms with Crippen molar-refractivity contribution >= 4 is 58.6 Å². The summed E-state index contributed by atoms with van der Waals surface area (Å²) in [6.45, 7) is 11.4. The molecule has 0 aliphatic heterocycles. The quantitative estimate of drug-likeness (QED) is 0.113. The first-order valence-electron chi connectivity index (χ1n) is 17.5. The molecule has 0 saturated carbocycles. The molecule has 0 bridgehead atoms. The molecule has 2 aliphatic rings. The van der Waals surface area contributed by atoms with Crippen molar-refractivity contribution in [1.29, 1.82) is 0 Å². The molecule has 0 heterocycles. The van der Waals surface area contributed by atoms with Crippen LogP contribution in [0.25, 0.3) is 21.5 Å². The van der Waals surface area contributed by atoms with Crippen LogP contribution in [0, 0.1) is 40.0 Å². The molecule has 6 aromatic rings. The van der Waals surface area contributed by atoms with E-state index in [1.807, 2.05) is 30.7 Å². The van der Waals surface area contributed by atoms with Gasteiger partial charge in [0, 0.05) is 29.4 Å². The fourth-order valence-electron chi connectivity index (χ4n) is 7.41. The smallest absolute Gasteiger partial charge is 0.0355 e. The van der Waals surface area contributed by atoms with Crippen LogP contribution in [-0.2, 0) is 17.1 Å². The Balaban J connectivity index is 0.000000689. The fourth-order valence-corrected chi connectivity index (χ4v) is 13.5. The Morgan fingerprint density at radius 1 is 0.490 bits per heavy atom. The number of benzene rings is 6. The van der Waals surface area contributed by atoms with Gasteiger partial charge in [0.05, 0.1) is 0 Å². The Labute approximate surface area is 318 Å². The molecule has 0 fully saturated rings. The first-order chi connectivity index (χ1) is 24.4. The molecule has 8 rings (SSSR count). The zero-order valence-electron chi connectivity index (χ0n) is 30.0. The molecule has 2 radical (unpaired) electrons. The van der Waals surface area contributed by atoms with E-state index in [1.165, 1.54) is 76.2 Å². The third kappa shape index (κ3) is 8.15. The van der Waals surface area contributed by atoms with E-state index in [9.17, 15) is 0 Å². The largest absolute Gasteiger partial charge is 0.0767 e. The van der Waals surface area contributed by atoms with Gasteiger partial charge in [0.2, 0.25) is 0 Å². The number of rotatable bonds is 7. The number of hydrogen-bond donors (Lipinski definition) is 0. The van der Waals surface area contributed by atoms with Crippen molar-refractivity contribution in [3.05, 3.63) is 204 Å². The zero-order chi connectivity index (χ0) is 34.6. The molecule has 3 heteroatoms. The maximum Gasteiger partial charge on any atom is 0.0355 e. The van der Waals surface area contributed by atoms with Gasteiger partial charge < -0.3 is 0 Å². The Bertz CT molecular complexity index is 2100. The topological polar surface area (TPSA) is 0 Å². The van der Waals surface area contributed by atoms with Crippen molar-refractivity contribution in [2.45, 2.75) is 40.3 Å². The van der Waals surface area contributed by atoms with Gasteiger partial charge in [0.1, 0.15) is 0 Å². The second kappa shape index (κ2) is 16.7. The van der Waals surface area contributed by atoms with Crippen molar-refractivity contribution in [2.24, 2.45) is 0 Å². The van der Waals surface area contributed by atoms with E-state index in [2.05, 4.69) is 174 Å². The first kappa shape index (κ1) is 37.0. The van der Waals surface area contributed by atoms with Crippen LogP contribution in [0.15, 0.2) is 169 Å². The van der Waals surface area contributed by atoms with Crippen molar-refractivity contribution < 1.29 is 17.1 Å². The van der Waals surface area contributed by atoms with E-state index < -0.39 is 15.8 Å². The Kier molecular flexibility index (Phi) is 12.1. The van der Waals surface area contributed by atoms with Crippen molar-refractivity contribution in [3.63, 3.8) is 0 Å². The van der Waals surface area contributed by atoms with Crippen molar-refractivity contribution in [1.82, 2.24) is 0 Å². The molecule has 0 unspecified atom stereocenters. The van der Waals surface area contributed by atoms with E-state index in [1.54, 1.807) is 0 Å². The van der Waals surface area contributed by atoms with Gasteiger partial charge in [-0.1, -0.05) is 193 Å². The number of fused-ring (bicyclic) bond motifs is 2. The summed E-state index contributed by atoms with van der Waals surface area (Å²) in [6.07, 6.45) is 17.2. The fraction of sp³-hybridized carbons (Fsp3) is 0.125. The van der Waals surface area contributed by atoms with Crippen molar-refractivity contribution in [2.75, 3.05) is 0 Å². The van der Waals surface area contributed by atoms with E-state index in [-0.39, 0.29) is 17.1 Å². The molecule has 0 N–H and O–H groups in total. The summed E-state index contributed by atoms with van der Waals surface area (Å²) in [5.41, 5.74) is 5.69. The molecule has 51 heavy (non-hydrogen) atoms. The molecule has 0 amide bonds. The molecule has 254 valence electrons. The number of aryl methyl sites for hydroxylation is 4. The minimum Gasteiger partial charge on any atom is -0.0767 e. The average Bonchev–Trinajstić information content (AvgIpc) is 3.85. The van der Waals surface area contributed by atoms with Gasteiger partial charge in [-0.3, -0.25) is 0 Å². The summed E-state index contributed by atoms with van der Waals surface area (Å²) >= 11 is 0. The van der Waals surface area contributed by atoms with E-state index in [0.717, 1.165) is 0 Å². The summed E-state index contributed by atoms with van der Waals surface area (Å²) in [4.78, 5) is 0. The second-order valence-electron chi connectivity index (χ2n) is 13.4. The Morgan fingerprint density at radius 2 is 0.941 bits per heavy atom. The molecule has 1 atom stereocenters. The van der Waals surface area contributed by atoms with Gasteiger partial charge >= 0.3 is 0 Å². The van der Waals surface area contributed by atoms with Crippen LogP contribution in [0.1, 0.15) is 29.2 Å². The summed E-state index contributed by atoms with van der Waals surface area (Å²) in [6, 6.07) is 46.0. The molecule has 0 nitrogen and oxygen atoms in total. The van der Waals surface area contributed by atoms with Crippen LogP contribution < -0.4 is 21.2 Å². The summed E-state index contributed by atoms with van der Waals surface area (Å²) < 4.78 is 0. The second-order valence-corrected chi connectivity index (χ2v) is 18.1. The van der Waals surface area contributed by atoms with Gasteiger partial charge in [-0.2, -0.15) is 0 Å². The van der Waals surface area contributed by atoms with Gasteiger partial charge in [-0.15, -0.1) is 0 Å². The van der Waals surface area contributed by atoms with E-state index in [0.29, 0.717) is 5.66 Å². The molecular formula is C48H44FeP2. The Hall–Kier alpha value is -3.82. The molecule has 0 aromatic heterocycles. The average molecular weight is 739 g/mol.